The van der Waals surface area contributed by atoms with E-state index in [4.69, 9.17) is 5.84 Å². The van der Waals surface area contributed by atoms with Gasteiger partial charge in [0.25, 0.3) is 0 Å². The average molecular weight is 192 g/mol. The molecule has 0 amide bonds. The molecule has 3 N–H and O–H groups in total. The summed E-state index contributed by atoms with van der Waals surface area (Å²) in [4.78, 5) is 4.23. The molecule has 0 fully saturated rings. The molecule has 14 heavy (non-hydrogen) atoms. The number of fused-ring (bicyclic) bond motifs is 1. The summed E-state index contributed by atoms with van der Waals surface area (Å²) in [6.45, 7) is 4.16. The summed E-state index contributed by atoms with van der Waals surface area (Å²) in [5, 5.41) is 7.68. The summed E-state index contributed by atoms with van der Waals surface area (Å²) in [6, 6.07) is 0.342. The van der Waals surface area contributed by atoms with Crippen LogP contribution in [-0.2, 0) is 0 Å². The van der Waals surface area contributed by atoms with Gasteiger partial charge in [-0.15, -0.1) is 5.10 Å². The molecule has 0 aliphatic carbocycles. The van der Waals surface area contributed by atoms with Crippen molar-refractivity contribution in [3.63, 3.8) is 0 Å². The Labute approximate surface area is 81.1 Å². The zero-order valence-electron chi connectivity index (χ0n) is 8.10. The number of aromatic nitrogens is 4. The molecule has 0 bridgehead atoms. The summed E-state index contributed by atoms with van der Waals surface area (Å²) in [7, 11) is 0. The van der Waals surface area contributed by atoms with Gasteiger partial charge in [-0.1, -0.05) is 0 Å². The van der Waals surface area contributed by atoms with E-state index >= 15 is 0 Å². The zero-order valence-corrected chi connectivity index (χ0v) is 8.10. The molecule has 6 nitrogen and oxygen atoms in total. The second-order valence-electron chi connectivity index (χ2n) is 3.32. The van der Waals surface area contributed by atoms with Crippen LogP contribution >= 0.6 is 0 Å². The molecule has 2 aromatic heterocycles. The first-order chi connectivity index (χ1) is 6.74. The number of hydrogen-bond donors (Lipinski definition) is 2. The van der Waals surface area contributed by atoms with Crippen molar-refractivity contribution in [2.75, 3.05) is 5.43 Å². The third kappa shape index (κ3) is 1.20. The van der Waals surface area contributed by atoms with Crippen molar-refractivity contribution in [1.29, 1.82) is 0 Å². The molecule has 0 aliphatic rings. The van der Waals surface area contributed by atoms with Crippen molar-refractivity contribution in [2.24, 2.45) is 5.84 Å². The number of nitrogen functional groups attached to an aromatic ring is 1. The smallest absolute Gasteiger partial charge is 0.190 e. The van der Waals surface area contributed by atoms with E-state index in [1.807, 2.05) is 4.57 Å². The van der Waals surface area contributed by atoms with E-state index in [-0.39, 0.29) is 0 Å². The van der Waals surface area contributed by atoms with E-state index in [1.54, 1.807) is 12.5 Å². The quantitative estimate of drug-likeness (QED) is 0.540. The molecule has 2 heterocycles. The number of nitrogens with zero attached hydrogens (tertiary/aromatic N) is 4. The summed E-state index contributed by atoms with van der Waals surface area (Å²) in [5.41, 5.74) is 4.15. The molecule has 0 unspecified atom stereocenters. The minimum atomic E-state index is 0.342. The molecule has 74 valence electrons. The van der Waals surface area contributed by atoms with E-state index in [2.05, 4.69) is 34.5 Å². The van der Waals surface area contributed by atoms with E-state index in [1.165, 1.54) is 0 Å². The highest BCUT2D eigenvalue weighted by Gasteiger charge is 2.09. The monoisotopic (exact) mass is 192 g/mol. The minimum Gasteiger partial charge on any atom is -0.327 e. The summed E-state index contributed by atoms with van der Waals surface area (Å²) in [6.07, 6.45) is 3.45. The lowest BCUT2D eigenvalue weighted by Gasteiger charge is -2.07. The Kier molecular flexibility index (Phi) is 2.05. The molecular formula is C8H12N6. The highest BCUT2D eigenvalue weighted by Crippen LogP contribution is 2.20. The number of hydrazine groups is 1. The van der Waals surface area contributed by atoms with Crippen molar-refractivity contribution in [3.05, 3.63) is 12.5 Å². The molecule has 2 aromatic rings. The van der Waals surface area contributed by atoms with Gasteiger partial charge in [0.2, 0.25) is 0 Å². The van der Waals surface area contributed by atoms with Crippen molar-refractivity contribution >= 4 is 16.9 Å². The summed E-state index contributed by atoms with van der Waals surface area (Å²) < 4.78 is 2.02. The van der Waals surface area contributed by atoms with Gasteiger partial charge in [-0.05, 0) is 13.8 Å². The van der Waals surface area contributed by atoms with E-state index in [9.17, 15) is 0 Å². The lowest BCUT2D eigenvalue weighted by atomic mass is 10.3. The van der Waals surface area contributed by atoms with Crippen molar-refractivity contribution in [2.45, 2.75) is 19.9 Å². The normalized spacial score (nSPS) is 11.1. The maximum Gasteiger partial charge on any atom is 0.190 e. The van der Waals surface area contributed by atoms with Gasteiger partial charge in [-0.3, -0.25) is 0 Å². The fourth-order valence-electron chi connectivity index (χ4n) is 1.38. The fraction of sp³-hybridized carbons (Fsp3) is 0.375. The molecule has 0 radical (unpaired) electrons. The minimum absolute atomic E-state index is 0.342. The molecule has 0 aliphatic heterocycles. The summed E-state index contributed by atoms with van der Waals surface area (Å²) >= 11 is 0. The second kappa shape index (κ2) is 3.22. The number of imidazole rings is 1. The number of anilines is 1. The molecule has 0 aromatic carbocycles. The second-order valence-corrected chi connectivity index (χ2v) is 3.32. The molecule has 0 atom stereocenters. The molecule has 0 saturated carbocycles. The third-order valence-electron chi connectivity index (χ3n) is 2.09. The maximum atomic E-state index is 5.30. The van der Waals surface area contributed by atoms with Gasteiger partial charge in [-0.25, -0.2) is 10.8 Å². The Morgan fingerprint density at radius 1 is 1.50 bits per heavy atom. The van der Waals surface area contributed by atoms with Crippen LogP contribution in [0.25, 0.3) is 11.0 Å². The fourth-order valence-corrected chi connectivity index (χ4v) is 1.38. The van der Waals surface area contributed by atoms with Crippen molar-refractivity contribution < 1.29 is 0 Å². The topological polar surface area (TPSA) is 81.7 Å². The first kappa shape index (κ1) is 8.89. The Bertz CT molecular complexity index is 446. The SMILES string of the molecule is CC(C)n1cnc2c(NN)nncc21. The summed E-state index contributed by atoms with van der Waals surface area (Å²) in [5.74, 6) is 5.80. The highest BCUT2D eigenvalue weighted by atomic mass is 15.3. The van der Waals surface area contributed by atoms with Gasteiger partial charge in [0, 0.05) is 6.04 Å². The number of nitrogens with one attached hydrogen (secondary N) is 1. The molecule has 0 spiro atoms. The van der Waals surface area contributed by atoms with Gasteiger partial charge in [0.05, 0.1) is 18.0 Å². The standard InChI is InChI=1S/C8H12N6/c1-5(2)14-4-10-7-6(14)3-11-13-8(7)12-9/h3-5H,9H2,1-2H3,(H,12,13). The zero-order chi connectivity index (χ0) is 10.1. The molecule has 0 saturated heterocycles. The van der Waals surface area contributed by atoms with Crippen LogP contribution in [0, 0.1) is 0 Å². The molecule has 2 rings (SSSR count). The number of nitrogens with two attached hydrogens (primary N) is 1. The van der Waals surface area contributed by atoms with Gasteiger partial charge in [-0.2, -0.15) is 5.10 Å². The van der Waals surface area contributed by atoms with Crippen LogP contribution in [-0.4, -0.2) is 19.7 Å². The van der Waals surface area contributed by atoms with Crippen molar-refractivity contribution in [3.8, 4) is 0 Å². The Balaban J connectivity index is 2.69. The number of rotatable bonds is 2. The van der Waals surface area contributed by atoms with Crippen LogP contribution < -0.4 is 11.3 Å². The third-order valence-corrected chi connectivity index (χ3v) is 2.09. The van der Waals surface area contributed by atoms with E-state index in [0.717, 1.165) is 11.0 Å². The van der Waals surface area contributed by atoms with Gasteiger partial charge < -0.3 is 9.99 Å². The molecular weight excluding hydrogens is 180 g/mol. The molecule has 6 heteroatoms. The average Bonchev–Trinajstić information content (AvgIpc) is 2.60. The predicted molar refractivity (Wildman–Crippen MR) is 53.5 cm³/mol. The predicted octanol–water partition coefficient (Wildman–Crippen LogP) is 0.693. The van der Waals surface area contributed by atoms with Crippen LogP contribution in [0.5, 0.6) is 0 Å². The van der Waals surface area contributed by atoms with E-state index in [0.29, 0.717) is 11.9 Å². The van der Waals surface area contributed by atoms with E-state index < -0.39 is 0 Å². The largest absolute Gasteiger partial charge is 0.327 e. The van der Waals surface area contributed by atoms with Gasteiger partial charge in [0.1, 0.15) is 5.52 Å². The van der Waals surface area contributed by atoms with Crippen LogP contribution in [0.3, 0.4) is 0 Å². The van der Waals surface area contributed by atoms with Crippen LogP contribution in [0.4, 0.5) is 5.82 Å². The first-order valence-electron chi connectivity index (χ1n) is 4.39. The maximum absolute atomic E-state index is 5.30. The Morgan fingerprint density at radius 2 is 2.29 bits per heavy atom. The van der Waals surface area contributed by atoms with Gasteiger partial charge >= 0.3 is 0 Å². The lowest BCUT2D eigenvalue weighted by Crippen LogP contribution is -2.10. The highest BCUT2D eigenvalue weighted by molar-refractivity contribution is 5.84. The lowest BCUT2D eigenvalue weighted by molar-refractivity contribution is 0.616. The Morgan fingerprint density at radius 3 is 2.93 bits per heavy atom. The van der Waals surface area contributed by atoms with Crippen LogP contribution in [0.15, 0.2) is 12.5 Å². The van der Waals surface area contributed by atoms with Gasteiger partial charge in [0.15, 0.2) is 5.82 Å². The number of hydrogen-bond acceptors (Lipinski definition) is 5. The Hall–Kier alpha value is -1.69. The van der Waals surface area contributed by atoms with Crippen LogP contribution in [0.2, 0.25) is 0 Å². The van der Waals surface area contributed by atoms with Crippen LogP contribution in [0.1, 0.15) is 19.9 Å². The van der Waals surface area contributed by atoms with Crippen molar-refractivity contribution in [1.82, 2.24) is 19.7 Å². The first-order valence-corrected chi connectivity index (χ1v) is 4.39.